The van der Waals surface area contributed by atoms with Crippen molar-refractivity contribution in [3.63, 3.8) is 0 Å². The summed E-state index contributed by atoms with van der Waals surface area (Å²) in [6.45, 7) is 0. The maximum absolute atomic E-state index is 13.8. The molecular formula is C12H6F3NO2S. The van der Waals surface area contributed by atoms with Crippen LogP contribution in [0.4, 0.5) is 13.2 Å². The Morgan fingerprint density at radius 1 is 1.21 bits per heavy atom. The first-order valence-electron chi connectivity index (χ1n) is 4.99. The van der Waals surface area contributed by atoms with E-state index in [4.69, 9.17) is 5.11 Å². The normalized spacial score (nSPS) is 10.5. The summed E-state index contributed by atoms with van der Waals surface area (Å²) in [5.41, 5.74) is -0.575. The number of hydrogen-bond acceptors (Lipinski definition) is 3. The predicted molar refractivity (Wildman–Crippen MR) is 61.6 cm³/mol. The van der Waals surface area contributed by atoms with Gasteiger partial charge in [0.1, 0.15) is 16.7 Å². The zero-order chi connectivity index (χ0) is 14.0. The summed E-state index contributed by atoms with van der Waals surface area (Å²) >= 11 is 0.522. The van der Waals surface area contributed by atoms with E-state index >= 15 is 0 Å². The maximum atomic E-state index is 13.8. The summed E-state index contributed by atoms with van der Waals surface area (Å²) in [6.07, 6.45) is 1.09. The number of pyridine rings is 1. The summed E-state index contributed by atoms with van der Waals surface area (Å²) < 4.78 is 40.1. The lowest BCUT2D eigenvalue weighted by Gasteiger charge is -2.05. The molecule has 0 spiro atoms. The second-order valence-corrected chi connectivity index (χ2v) is 4.49. The number of hydrogen-bond donors (Lipinski definition) is 1. The molecule has 1 heterocycles. The number of aromatic carboxylic acids is 1. The van der Waals surface area contributed by atoms with E-state index in [1.807, 2.05) is 0 Å². The highest BCUT2D eigenvalue weighted by atomic mass is 32.2. The van der Waals surface area contributed by atoms with Crippen LogP contribution in [0, 0.1) is 17.5 Å². The van der Waals surface area contributed by atoms with Crippen molar-refractivity contribution in [1.82, 2.24) is 4.98 Å². The number of halogens is 3. The molecular weight excluding hydrogens is 279 g/mol. The summed E-state index contributed by atoms with van der Waals surface area (Å²) in [7, 11) is 0. The number of carboxylic acid groups (broad SMARTS) is 1. The van der Waals surface area contributed by atoms with E-state index in [0.29, 0.717) is 11.8 Å². The van der Waals surface area contributed by atoms with Gasteiger partial charge in [0, 0.05) is 6.20 Å². The van der Waals surface area contributed by atoms with Crippen LogP contribution < -0.4 is 0 Å². The Kier molecular flexibility index (Phi) is 3.75. The number of nitrogens with zero attached hydrogens (tertiary/aromatic N) is 1. The summed E-state index contributed by atoms with van der Waals surface area (Å²) in [6, 6.07) is 3.70. The first-order valence-corrected chi connectivity index (χ1v) is 5.81. The molecule has 0 aliphatic heterocycles. The monoisotopic (exact) mass is 285 g/mol. The fraction of sp³-hybridized carbons (Fsp3) is 0. The van der Waals surface area contributed by atoms with Gasteiger partial charge in [-0.05, 0) is 24.3 Å². The molecule has 0 atom stereocenters. The molecule has 0 unspecified atom stereocenters. The van der Waals surface area contributed by atoms with Gasteiger partial charge in [0.2, 0.25) is 0 Å². The summed E-state index contributed by atoms with van der Waals surface area (Å²) in [5.74, 6) is -3.96. The number of benzene rings is 1. The highest BCUT2D eigenvalue weighted by Gasteiger charge is 2.17. The van der Waals surface area contributed by atoms with Crippen LogP contribution in [-0.4, -0.2) is 16.1 Å². The lowest BCUT2D eigenvalue weighted by atomic mass is 10.3. The molecule has 0 radical (unpaired) electrons. The van der Waals surface area contributed by atoms with E-state index in [1.54, 1.807) is 0 Å². The van der Waals surface area contributed by atoms with Crippen molar-refractivity contribution in [2.45, 2.75) is 9.92 Å². The van der Waals surface area contributed by atoms with Crippen LogP contribution in [0.5, 0.6) is 0 Å². The molecule has 19 heavy (non-hydrogen) atoms. The first-order chi connectivity index (χ1) is 8.99. The molecule has 2 aromatic rings. The lowest BCUT2D eigenvalue weighted by molar-refractivity contribution is 0.0691. The Morgan fingerprint density at radius 2 is 1.95 bits per heavy atom. The minimum atomic E-state index is -1.46. The molecule has 0 saturated heterocycles. The van der Waals surface area contributed by atoms with Crippen molar-refractivity contribution in [1.29, 1.82) is 0 Å². The molecule has 0 aliphatic carbocycles. The van der Waals surface area contributed by atoms with Gasteiger partial charge in [-0.2, -0.15) is 0 Å². The summed E-state index contributed by atoms with van der Waals surface area (Å²) in [4.78, 5) is 14.2. The van der Waals surface area contributed by atoms with Crippen LogP contribution in [0.25, 0.3) is 0 Å². The van der Waals surface area contributed by atoms with Crippen molar-refractivity contribution < 1.29 is 23.1 Å². The first kappa shape index (κ1) is 13.4. The molecule has 0 amide bonds. The molecule has 0 bridgehead atoms. The third-order valence-electron chi connectivity index (χ3n) is 2.19. The smallest absolute Gasteiger partial charge is 0.338 e. The number of rotatable bonds is 3. The summed E-state index contributed by atoms with van der Waals surface area (Å²) in [5, 5.41) is 8.41. The third-order valence-corrected chi connectivity index (χ3v) is 3.20. The minimum absolute atomic E-state index is 0.172. The molecule has 0 aliphatic rings. The average molecular weight is 285 g/mol. The quantitative estimate of drug-likeness (QED) is 0.939. The molecule has 0 fully saturated rings. The van der Waals surface area contributed by atoms with Crippen molar-refractivity contribution in [3.05, 3.63) is 53.5 Å². The Labute approximate surface area is 110 Å². The number of carbonyl (C=O) groups is 1. The van der Waals surface area contributed by atoms with Gasteiger partial charge in [-0.15, -0.1) is 0 Å². The second-order valence-electron chi connectivity index (χ2n) is 3.46. The van der Waals surface area contributed by atoms with Crippen LogP contribution in [0.15, 0.2) is 40.4 Å². The van der Waals surface area contributed by atoms with Gasteiger partial charge in [0.15, 0.2) is 5.82 Å². The van der Waals surface area contributed by atoms with Crippen LogP contribution in [0.1, 0.15) is 10.4 Å². The van der Waals surface area contributed by atoms with Crippen LogP contribution in [0.3, 0.4) is 0 Å². The lowest BCUT2D eigenvalue weighted by Crippen LogP contribution is -2.02. The van der Waals surface area contributed by atoms with E-state index < -0.39 is 29.0 Å². The maximum Gasteiger partial charge on any atom is 0.338 e. The Bertz CT molecular complexity index is 649. The fourth-order valence-electron chi connectivity index (χ4n) is 1.32. The minimum Gasteiger partial charge on any atom is -0.478 e. The van der Waals surface area contributed by atoms with E-state index in [9.17, 15) is 18.0 Å². The highest BCUT2D eigenvalue weighted by molar-refractivity contribution is 7.99. The molecule has 3 nitrogen and oxygen atoms in total. The Morgan fingerprint density at radius 3 is 2.63 bits per heavy atom. The van der Waals surface area contributed by atoms with Gasteiger partial charge in [0.25, 0.3) is 0 Å². The van der Waals surface area contributed by atoms with Gasteiger partial charge in [0.05, 0.1) is 10.5 Å². The molecule has 1 aromatic carbocycles. The van der Waals surface area contributed by atoms with Gasteiger partial charge in [-0.25, -0.2) is 22.9 Å². The van der Waals surface area contributed by atoms with Crippen molar-refractivity contribution in [2.24, 2.45) is 0 Å². The van der Waals surface area contributed by atoms with Crippen LogP contribution in [0.2, 0.25) is 0 Å². The fourth-order valence-corrected chi connectivity index (χ4v) is 2.18. The Hall–Kier alpha value is -2.02. The molecule has 1 N–H and O–H groups in total. The van der Waals surface area contributed by atoms with Crippen LogP contribution in [-0.2, 0) is 0 Å². The van der Waals surface area contributed by atoms with E-state index in [0.717, 1.165) is 30.5 Å². The molecule has 1 aromatic heterocycles. The number of carboxylic acids is 1. The highest BCUT2D eigenvalue weighted by Crippen LogP contribution is 2.31. The Balaban J connectivity index is 2.41. The van der Waals surface area contributed by atoms with Crippen molar-refractivity contribution in [3.8, 4) is 0 Å². The van der Waals surface area contributed by atoms with Gasteiger partial charge >= 0.3 is 5.97 Å². The second kappa shape index (κ2) is 5.31. The van der Waals surface area contributed by atoms with Crippen molar-refractivity contribution in [2.75, 3.05) is 0 Å². The third kappa shape index (κ3) is 2.87. The van der Waals surface area contributed by atoms with E-state index in [-0.39, 0.29) is 9.92 Å². The molecule has 7 heteroatoms. The number of aromatic nitrogens is 1. The van der Waals surface area contributed by atoms with Gasteiger partial charge in [-0.1, -0.05) is 11.8 Å². The molecule has 98 valence electrons. The zero-order valence-electron chi connectivity index (χ0n) is 9.23. The zero-order valence-corrected chi connectivity index (χ0v) is 10.0. The van der Waals surface area contributed by atoms with E-state index in [2.05, 4.69) is 4.98 Å². The van der Waals surface area contributed by atoms with Gasteiger partial charge in [-0.3, -0.25) is 0 Å². The standard InChI is InChI=1S/C12H6F3NO2S/c13-6-1-2-8(14)9(5-6)19-11-10(15)7(12(17)18)3-4-16-11/h1-5H,(H,17,18). The van der Waals surface area contributed by atoms with Gasteiger partial charge < -0.3 is 5.11 Å². The SMILES string of the molecule is O=C(O)c1ccnc(Sc2cc(F)ccc2F)c1F. The van der Waals surface area contributed by atoms with Crippen LogP contribution >= 0.6 is 11.8 Å². The van der Waals surface area contributed by atoms with Crippen molar-refractivity contribution >= 4 is 17.7 Å². The van der Waals surface area contributed by atoms with E-state index in [1.165, 1.54) is 0 Å². The largest absolute Gasteiger partial charge is 0.478 e. The molecule has 2 rings (SSSR count). The molecule has 0 saturated carbocycles. The topological polar surface area (TPSA) is 50.2 Å². The average Bonchev–Trinajstić information content (AvgIpc) is 2.36. The predicted octanol–water partition coefficient (Wildman–Crippen LogP) is 3.35.